The molecule has 1 aromatic heterocycles. The summed E-state index contributed by atoms with van der Waals surface area (Å²) in [5.41, 5.74) is 1.08. The van der Waals surface area contributed by atoms with Crippen molar-refractivity contribution in [1.29, 1.82) is 0 Å². The standard InChI is InChI=1S/C19H11N2S2/c1-2-4-13-8-18-11-16-10-15(19-20-22-23-21-19)6-5-14(16)9-17(18)7-12(13)3-1/h1-11H/q+1. The van der Waals surface area contributed by atoms with Crippen LogP contribution in [0.15, 0.2) is 66.7 Å². The van der Waals surface area contributed by atoms with Crippen LogP contribution in [0.1, 0.15) is 0 Å². The normalized spacial score (nSPS) is 11.5. The number of benzene rings is 4. The van der Waals surface area contributed by atoms with Crippen molar-refractivity contribution in [2.24, 2.45) is 0 Å². The molecule has 0 saturated heterocycles. The minimum Gasteiger partial charge on any atom is -0.112 e. The molecule has 2 nitrogen and oxygen atoms in total. The zero-order chi connectivity index (χ0) is 15.2. The topological polar surface area (TPSA) is 25.8 Å². The average molecular weight is 331 g/mol. The first-order valence-electron chi connectivity index (χ1n) is 7.35. The van der Waals surface area contributed by atoms with Gasteiger partial charge in [-0.15, -0.1) is 4.37 Å². The van der Waals surface area contributed by atoms with Crippen LogP contribution in [0.3, 0.4) is 0 Å². The summed E-state index contributed by atoms with van der Waals surface area (Å²) in [6.07, 6.45) is 0. The molecule has 0 radical (unpaired) electrons. The molecule has 5 aromatic rings. The summed E-state index contributed by atoms with van der Waals surface area (Å²) < 4.78 is 8.69. The van der Waals surface area contributed by atoms with Crippen LogP contribution >= 0.6 is 21.1 Å². The second kappa shape index (κ2) is 5.05. The van der Waals surface area contributed by atoms with Crippen molar-refractivity contribution < 1.29 is 0 Å². The molecule has 0 saturated carbocycles. The highest BCUT2D eigenvalue weighted by Gasteiger charge is 2.10. The lowest BCUT2D eigenvalue weighted by Gasteiger charge is -2.06. The molecule has 0 aliphatic heterocycles. The molecule has 0 spiro atoms. The van der Waals surface area contributed by atoms with Crippen molar-refractivity contribution in [2.45, 2.75) is 0 Å². The highest BCUT2D eigenvalue weighted by molar-refractivity contribution is 7.64. The maximum absolute atomic E-state index is 4.35. The molecule has 5 rings (SSSR count). The third kappa shape index (κ3) is 2.19. The third-order valence-corrected chi connectivity index (χ3v) is 5.41. The predicted molar refractivity (Wildman–Crippen MR) is 100 cm³/mol. The number of rotatable bonds is 1. The maximum Gasteiger partial charge on any atom is 0.462 e. The molecule has 0 aliphatic carbocycles. The van der Waals surface area contributed by atoms with Gasteiger partial charge >= 0.3 is 21.1 Å². The number of fused-ring (bicyclic) bond motifs is 3. The lowest BCUT2D eigenvalue weighted by atomic mass is 9.98. The molecule has 4 aromatic carbocycles. The highest BCUT2D eigenvalue weighted by Crippen LogP contribution is 2.30. The van der Waals surface area contributed by atoms with E-state index in [0.717, 1.165) is 11.4 Å². The first-order chi connectivity index (χ1) is 11.4. The van der Waals surface area contributed by atoms with Gasteiger partial charge in [-0.05, 0) is 62.6 Å². The quantitative estimate of drug-likeness (QED) is 0.214. The van der Waals surface area contributed by atoms with Crippen molar-refractivity contribution in [2.75, 3.05) is 0 Å². The van der Waals surface area contributed by atoms with Crippen molar-refractivity contribution in [3.63, 3.8) is 0 Å². The Bertz CT molecular complexity index is 1160. The summed E-state index contributed by atoms with van der Waals surface area (Å²) in [7, 11) is 2.85. The van der Waals surface area contributed by atoms with E-state index >= 15 is 0 Å². The fourth-order valence-corrected chi connectivity index (χ4v) is 4.23. The van der Waals surface area contributed by atoms with E-state index in [2.05, 4.69) is 75.5 Å². The monoisotopic (exact) mass is 331 g/mol. The van der Waals surface area contributed by atoms with Crippen LogP contribution in [-0.4, -0.2) is 8.75 Å². The van der Waals surface area contributed by atoms with E-state index in [0.29, 0.717) is 0 Å². The molecule has 0 fully saturated rings. The molecule has 0 amide bonds. The van der Waals surface area contributed by atoms with Gasteiger partial charge in [0.05, 0.1) is 4.37 Å². The Balaban J connectivity index is 1.80. The zero-order valence-electron chi connectivity index (χ0n) is 12.1. The molecule has 0 atom stereocenters. The van der Waals surface area contributed by atoms with Crippen LogP contribution in [-0.2, 0) is 0 Å². The van der Waals surface area contributed by atoms with Gasteiger partial charge < -0.3 is 0 Å². The highest BCUT2D eigenvalue weighted by atomic mass is 32.9. The molecular formula is C19H11N2S2+. The van der Waals surface area contributed by atoms with Crippen LogP contribution in [0, 0.1) is 0 Å². The van der Waals surface area contributed by atoms with Gasteiger partial charge in [0.2, 0.25) is 5.82 Å². The van der Waals surface area contributed by atoms with Crippen LogP contribution in [0.25, 0.3) is 43.7 Å². The van der Waals surface area contributed by atoms with Gasteiger partial charge in [0.1, 0.15) is 0 Å². The van der Waals surface area contributed by atoms with E-state index in [1.54, 1.807) is 0 Å². The Labute approximate surface area is 140 Å². The van der Waals surface area contributed by atoms with Crippen molar-refractivity contribution in [3.05, 3.63) is 66.7 Å². The molecule has 23 heavy (non-hydrogen) atoms. The Morgan fingerprint density at radius 3 is 1.91 bits per heavy atom. The third-order valence-electron chi connectivity index (χ3n) is 4.20. The molecule has 108 valence electrons. The van der Waals surface area contributed by atoms with Crippen LogP contribution in [0.4, 0.5) is 0 Å². The fraction of sp³-hybridized carbons (Fsp3) is 0. The van der Waals surface area contributed by atoms with Gasteiger partial charge in [-0.1, -0.05) is 36.4 Å². The second-order valence-corrected chi connectivity index (χ2v) is 7.17. The van der Waals surface area contributed by atoms with Gasteiger partial charge in [-0.2, -0.15) is 0 Å². The minimum absolute atomic E-state index is 0.820. The van der Waals surface area contributed by atoms with E-state index in [4.69, 9.17) is 0 Å². The van der Waals surface area contributed by atoms with Crippen molar-refractivity contribution in [1.82, 2.24) is 8.75 Å². The number of aromatic nitrogens is 2. The van der Waals surface area contributed by atoms with E-state index in [1.807, 2.05) is 0 Å². The van der Waals surface area contributed by atoms with E-state index < -0.39 is 0 Å². The van der Waals surface area contributed by atoms with Crippen molar-refractivity contribution >= 4 is 53.4 Å². The maximum atomic E-state index is 4.35. The molecule has 1 heterocycles. The predicted octanol–water partition coefficient (Wildman–Crippen LogP) is 6.01. The largest absolute Gasteiger partial charge is 0.462 e. The summed E-state index contributed by atoms with van der Waals surface area (Å²) in [6, 6.07) is 24.0. The number of hydrogen-bond acceptors (Lipinski definition) is 3. The summed E-state index contributed by atoms with van der Waals surface area (Å²) in [6.45, 7) is 0. The van der Waals surface area contributed by atoms with Crippen LogP contribution in [0.2, 0.25) is 0 Å². The van der Waals surface area contributed by atoms with Gasteiger partial charge in [0.25, 0.3) is 0 Å². The zero-order valence-corrected chi connectivity index (χ0v) is 13.7. The number of nitrogens with zero attached hydrogens (tertiary/aromatic N) is 2. The van der Waals surface area contributed by atoms with E-state index in [1.165, 1.54) is 53.4 Å². The first-order valence-corrected chi connectivity index (χ1v) is 9.42. The van der Waals surface area contributed by atoms with Gasteiger partial charge in [0.15, 0.2) is 0 Å². The van der Waals surface area contributed by atoms with E-state index in [-0.39, 0.29) is 0 Å². The van der Waals surface area contributed by atoms with Crippen LogP contribution in [0.5, 0.6) is 0 Å². The minimum atomic E-state index is 0.820. The van der Waals surface area contributed by atoms with Crippen molar-refractivity contribution in [3.8, 4) is 11.4 Å². The molecular weight excluding hydrogens is 320 g/mol. The lowest BCUT2D eigenvalue weighted by Crippen LogP contribution is -1.82. The summed E-state index contributed by atoms with van der Waals surface area (Å²) in [5, 5.41) is 7.57. The summed E-state index contributed by atoms with van der Waals surface area (Å²) >= 11 is 0. The molecule has 0 unspecified atom stereocenters. The molecule has 4 heteroatoms. The Morgan fingerprint density at radius 1 is 0.652 bits per heavy atom. The second-order valence-electron chi connectivity index (χ2n) is 5.62. The molecule has 0 N–H and O–H groups in total. The number of hydrogen-bond donors (Lipinski definition) is 0. The van der Waals surface area contributed by atoms with Crippen LogP contribution < -0.4 is 0 Å². The van der Waals surface area contributed by atoms with Gasteiger partial charge in [0, 0.05) is 5.56 Å². The van der Waals surface area contributed by atoms with Gasteiger partial charge in [-0.25, -0.2) is 0 Å². The Morgan fingerprint density at radius 2 is 1.26 bits per heavy atom. The average Bonchev–Trinajstić information content (AvgIpc) is 3.12. The lowest BCUT2D eigenvalue weighted by molar-refractivity contribution is 1.39. The van der Waals surface area contributed by atoms with E-state index in [9.17, 15) is 0 Å². The molecule has 0 bridgehead atoms. The summed E-state index contributed by atoms with van der Waals surface area (Å²) in [4.78, 5) is 0. The fourth-order valence-electron chi connectivity index (χ4n) is 3.06. The van der Waals surface area contributed by atoms with Gasteiger partial charge in [-0.3, -0.25) is 0 Å². The SMILES string of the molecule is c1ccc2cc3cc4cc(-c5ns[s+]n5)ccc4cc3cc2c1. The smallest absolute Gasteiger partial charge is 0.112 e. The Kier molecular flexibility index (Phi) is 2.86. The molecule has 0 aliphatic rings. The summed E-state index contributed by atoms with van der Waals surface area (Å²) in [5.74, 6) is 0.820. The Hall–Kier alpha value is -2.43. The first kappa shape index (κ1) is 13.0.